The van der Waals surface area contributed by atoms with Gasteiger partial charge in [0.15, 0.2) is 0 Å². The van der Waals surface area contributed by atoms with E-state index in [9.17, 15) is 4.79 Å². The number of piperazine rings is 1. The molecule has 3 aliphatic rings. The van der Waals surface area contributed by atoms with Crippen LogP contribution in [0.2, 0.25) is 0 Å². The van der Waals surface area contributed by atoms with Crippen LogP contribution in [0.5, 0.6) is 0 Å². The van der Waals surface area contributed by atoms with Gasteiger partial charge in [-0.3, -0.25) is 5.84 Å². The first-order valence-electron chi connectivity index (χ1n) is 7.77. The zero-order chi connectivity index (χ0) is 16.6. The van der Waals surface area contributed by atoms with Crippen molar-refractivity contribution in [2.75, 3.05) is 32.7 Å². The van der Waals surface area contributed by atoms with Crippen molar-refractivity contribution in [3.63, 3.8) is 0 Å². The highest BCUT2D eigenvalue weighted by atomic mass is 32.2. The standard InChI is InChI=1S/C14H24N6O2S/c1-14(2,3)22-13(21)19-6-4-18(5-7-19)11-10-8-20(15)23-12(10)17-9-16-11/h9,12H,4-8,15H2,1-3H3,(H,16,17). The van der Waals surface area contributed by atoms with Crippen LogP contribution >= 0.6 is 11.9 Å². The van der Waals surface area contributed by atoms with E-state index in [1.54, 1.807) is 27.6 Å². The monoisotopic (exact) mass is 340 g/mol. The van der Waals surface area contributed by atoms with Crippen LogP contribution in [0.1, 0.15) is 20.8 Å². The summed E-state index contributed by atoms with van der Waals surface area (Å²) in [6.07, 6.45) is 1.49. The molecule has 8 nitrogen and oxygen atoms in total. The molecule has 1 atom stereocenters. The summed E-state index contributed by atoms with van der Waals surface area (Å²) in [4.78, 5) is 20.6. The summed E-state index contributed by atoms with van der Waals surface area (Å²) < 4.78 is 7.15. The number of ether oxygens (including phenoxy) is 1. The molecular formula is C14H24N6O2S. The van der Waals surface area contributed by atoms with Crippen LogP contribution in [0.4, 0.5) is 4.79 Å². The summed E-state index contributed by atoms with van der Waals surface area (Å²) in [7, 11) is 0. The van der Waals surface area contributed by atoms with Crippen molar-refractivity contribution in [3.8, 4) is 0 Å². The van der Waals surface area contributed by atoms with Gasteiger partial charge in [-0.2, -0.15) is 4.41 Å². The molecule has 0 aromatic rings. The first kappa shape index (κ1) is 16.4. The number of amides is 1. The first-order chi connectivity index (χ1) is 10.8. The molecule has 9 heteroatoms. The Balaban J connectivity index is 1.62. The minimum absolute atomic E-state index is 0.163. The third-order valence-corrected chi connectivity index (χ3v) is 4.85. The van der Waals surface area contributed by atoms with Crippen LogP contribution in [0.15, 0.2) is 16.4 Å². The van der Waals surface area contributed by atoms with Crippen LogP contribution in [-0.2, 0) is 4.74 Å². The van der Waals surface area contributed by atoms with Gasteiger partial charge >= 0.3 is 6.09 Å². The Hall–Kier alpha value is -1.45. The average molecular weight is 340 g/mol. The summed E-state index contributed by atoms with van der Waals surface area (Å²) in [5.74, 6) is 6.87. The lowest BCUT2D eigenvalue weighted by Gasteiger charge is -2.38. The Bertz CT molecular complexity index is 536. The Morgan fingerprint density at radius 2 is 2.09 bits per heavy atom. The summed E-state index contributed by atoms with van der Waals surface area (Å²) in [5, 5.41) is 3.38. The number of aliphatic imine (C=N–C) groups is 1. The summed E-state index contributed by atoms with van der Waals surface area (Å²) in [6, 6.07) is 0. The molecule has 2 fully saturated rings. The molecule has 0 aromatic heterocycles. The normalized spacial score (nSPS) is 25.5. The Morgan fingerprint density at radius 1 is 1.39 bits per heavy atom. The van der Waals surface area contributed by atoms with E-state index in [0.29, 0.717) is 19.6 Å². The molecule has 0 spiro atoms. The van der Waals surface area contributed by atoms with Gasteiger partial charge in [-0.15, -0.1) is 0 Å². The number of hydrazine groups is 1. The number of hydrogen-bond donors (Lipinski definition) is 2. The topological polar surface area (TPSA) is 86.4 Å². The molecule has 3 rings (SSSR count). The van der Waals surface area contributed by atoms with Gasteiger partial charge < -0.3 is 19.9 Å². The summed E-state index contributed by atoms with van der Waals surface area (Å²) in [6.45, 7) is 9.11. The lowest BCUT2D eigenvalue weighted by Crippen LogP contribution is -2.50. The fourth-order valence-corrected chi connectivity index (χ4v) is 3.68. The maximum Gasteiger partial charge on any atom is 0.410 e. The van der Waals surface area contributed by atoms with Crippen LogP contribution in [0, 0.1) is 0 Å². The number of nitrogens with one attached hydrogen (secondary N) is 1. The molecule has 0 aliphatic carbocycles. The fraction of sp³-hybridized carbons (Fsp3) is 0.714. The third-order valence-electron chi connectivity index (χ3n) is 3.81. The van der Waals surface area contributed by atoms with Gasteiger partial charge in [-0.25, -0.2) is 9.79 Å². The molecule has 3 N–H and O–H groups in total. The summed E-state index contributed by atoms with van der Waals surface area (Å²) in [5.41, 5.74) is 0.738. The van der Waals surface area contributed by atoms with Gasteiger partial charge in [0, 0.05) is 31.8 Å². The SMILES string of the molecule is CC(C)(C)OC(=O)N1CCN(C2=C3CN(N)SC3NC=N2)CC1. The molecule has 0 radical (unpaired) electrons. The second-order valence-corrected chi connectivity index (χ2v) is 7.94. The van der Waals surface area contributed by atoms with E-state index in [4.69, 9.17) is 10.6 Å². The number of nitrogens with zero attached hydrogens (tertiary/aromatic N) is 4. The second kappa shape index (κ2) is 6.21. The molecule has 23 heavy (non-hydrogen) atoms. The van der Waals surface area contributed by atoms with Gasteiger partial charge in [0.25, 0.3) is 0 Å². The zero-order valence-corrected chi connectivity index (χ0v) is 14.6. The van der Waals surface area contributed by atoms with Crippen LogP contribution in [-0.4, -0.2) is 70.3 Å². The smallest absolute Gasteiger partial charge is 0.410 e. The highest BCUT2D eigenvalue weighted by Crippen LogP contribution is 2.33. The van der Waals surface area contributed by atoms with E-state index < -0.39 is 5.60 Å². The van der Waals surface area contributed by atoms with E-state index >= 15 is 0 Å². The first-order valence-corrected chi connectivity index (χ1v) is 8.61. The minimum Gasteiger partial charge on any atom is -0.444 e. The highest BCUT2D eigenvalue weighted by Gasteiger charge is 2.34. The van der Waals surface area contributed by atoms with E-state index in [2.05, 4.69) is 15.2 Å². The van der Waals surface area contributed by atoms with E-state index in [1.165, 1.54) is 5.57 Å². The van der Waals surface area contributed by atoms with Crippen LogP contribution in [0.25, 0.3) is 0 Å². The zero-order valence-electron chi connectivity index (χ0n) is 13.8. The van der Waals surface area contributed by atoms with E-state index in [0.717, 1.165) is 18.9 Å². The van der Waals surface area contributed by atoms with Gasteiger partial charge in [-0.05, 0) is 32.7 Å². The van der Waals surface area contributed by atoms with Crippen molar-refractivity contribution in [3.05, 3.63) is 11.4 Å². The number of nitrogens with two attached hydrogens (primary N) is 1. The van der Waals surface area contributed by atoms with Crippen LogP contribution in [0.3, 0.4) is 0 Å². The average Bonchev–Trinajstić information content (AvgIpc) is 2.85. The number of hydrogen-bond acceptors (Lipinski definition) is 8. The molecule has 3 aliphatic heterocycles. The molecule has 3 heterocycles. The number of fused-ring (bicyclic) bond motifs is 1. The maximum absolute atomic E-state index is 12.1. The third kappa shape index (κ3) is 3.73. The van der Waals surface area contributed by atoms with Crippen molar-refractivity contribution >= 4 is 24.4 Å². The number of carbonyl (C=O) groups is 1. The van der Waals surface area contributed by atoms with Gasteiger partial charge in [0.2, 0.25) is 0 Å². The highest BCUT2D eigenvalue weighted by molar-refractivity contribution is 7.98. The molecule has 128 valence electrons. The van der Waals surface area contributed by atoms with Crippen molar-refractivity contribution in [2.24, 2.45) is 10.8 Å². The molecule has 1 amide bonds. The quantitative estimate of drug-likeness (QED) is 0.532. The fourth-order valence-electron chi connectivity index (χ4n) is 2.77. The molecule has 0 aromatic carbocycles. The Morgan fingerprint density at radius 3 is 2.74 bits per heavy atom. The van der Waals surface area contributed by atoms with E-state index in [-0.39, 0.29) is 11.5 Å². The maximum atomic E-state index is 12.1. The largest absolute Gasteiger partial charge is 0.444 e. The molecule has 2 saturated heterocycles. The molecule has 0 saturated carbocycles. The van der Waals surface area contributed by atoms with Gasteiger partial charge in [-0.1, -0.05) is 0 Å². The van der Waals surface area contributed by atoms with Crippen molar-refractivity contribution in [1.82, 2.24) is 19.5 Å². The predicted octanol–water partition coefficient (Wildman–Crippen LogP) is 0.546. The van der Waals surface area contributed by atoms with Crippen molar-refractivity contribution in [1.29, 1.82) is 0 Å². The minimum atomic E-state index is -0.461. The Labute approximate surface area is 140 Å². The van der Waals surface area contributed by atoms with Crippen molar-refractivity contribution in [2.45, 2.75) is 31.7 Å². The lowest BCUT2D eigenvalue weighted by molar-refractivity contribution is 0.0167. The summed E-state index contributed by atoms with van der Waals surface area (Å²) >= 11 is 1.57. The molecule has 1 unspecified atom stereocenters. The second-order valence-electron chi connectivity index (χ2n) is 6.79. The Kier molecular flexibility index (Phi) is 4.43. The van der Waals surface area contributed by atoms with Crippen molar-refractivity contribution < 1.29 is 9.53 Å². The van der Waals surface area contributed by atoms with Gasteiger partial charge in [0.1, 0.15) is 16.8 Å². The van der Waals surface area contributed by atoms with Gasteiger partial charge in [0.05, 0.1) is 12.9 Å². The molecular weight excluding hydrogens is 316 g/mol. The number of carbonyl (C=O) groups excluding carboxylic acids is 1. The molecule has 0 bridgehead atoms. The predicted molar refractivity (Wildman–Crippen MR) is 90.3 cm³/mol. The van der Waals surface area contributed by atoms with Crippen LogP contribution < -0.4 is 11.2 Å². The lowest BCUT2D eigenvalue weighted by atomic mass is 10.2. The van der Waals surface area contributed by atoms with E-state index in [1.807, 2.05) is 20.8 Å². The number of rotatable bonds is 1.